The van der Waals surface area contributed by atoms with Gasteiger partial charge in [0.1, 0.15) is 0 Å². The topological polar surface area (TPSA) is 38.0 Å². The normalized spacial score (nSPS) is 12.8. The summed E-state index contributed by atoms with van der Waals surface area (Å²) in [5.74, 6) is 0. The number of unbranched alkanes of at least 4 members (excludes halogenated alkanes) is 6. The van der Waals surface area contributed by atoms with E-state index < -0.39 is 0 Å². The van der Waals surface area contributed by atoms with E-state index >= 15 is 0 Å². The molecule has 0 saturated carbocycles. The van der Waals surface area contributed by atoms with Crippen LogP contribution in [0.4, 0.5) is 0 Å². The fourth-order valence-corrected chi connectivity index (χ4v) is 3.22. The summed E-state index contributed by atoms with van der Waals surface area (Å²) in [6, 6.07) is 0. The summed E-state index contributed by atoms with van der Waals surface area (Å²) in [4.78, 5) is 0. The van der Waals surface area contributed by atoms with E-state index in [2.05, 4.69) is 50.5 Å². The Labute approximate surface area is 141 Å². The molecule has 0 aromatic carbocycles. The van der Waals surface area contributed by atoms with Crippen LogP contribution in [0, 0.1) is 0 Å². The fourth-order valence-electron chi connectivity index (χ4n) is 1.93. The van der Waals surface area contributed by atoms with Gasteiger partial charge in [0, 0.05) is 10.5 Å². The molecule has 110 valence electrons. The van der Waals surface area contributed by atoms with Gasteiger partial charge in [-0.1, -0.05) is 83.7 Å². The van der Waals surface area contributed by atoms with Crippen molar-refractivity contribution in [1.29, 1.82) is 0 Å². The van der Waals surface area contributed by atoms with Gasteiger partial charge in [0.15, 0.2) is 0 Å². The number of nitrogens with one attached hydrogen (secondary N) is 1. The third-order valence-electron chi connectivity index (χ3n) is 3.07. The van der Waals surface area contributed by atoms with Gasteiger partial charge >= 0.3 is 0 Å². The lowest BCUT2D eigenvalue weighted by molar-refractivity contribution is 0.560. The van der Waals surface area contributed by atoms with Crippen molar-refractivity contribution in [3.63, 3.8) is 0 Å². The van der Waals surface area contributed by atoms with Crippen LogP contribution < -0.4 is 11.1 Å². The molecule has 0 aromatic heterocycles. The van der Waals surface area contributed by atoms with Crippen LogP contribution in [0.5, 0.6) is 0 Å². The van der Waals surface area contributed by atoms with E-state index in [1.165, 1.54) is 55.8 Å². The largest absolute Gasteiger partial charge is 0.330 e. The maximum Gasteiger partial charge on any atom is 0.0234 e. The van der Waals surface area contributed by atoms with Crippen molar-refractivity contribution in [2.75, 3.05) is 24.1 Å². The number of halogens is 2. The molecule has 18 heavy (non-hydrogen) atoms. The van der Waals surface area contributed by atoms with Crippen molar-refractivity contribution in [3.05, 3.63) is 0 Å². The van der Waals surface area contributed by atoms with Gasteiger partial charge in [-0.25, -0.2) is 0 Å². The number of alkyl halides is 2. The Hall–Kier alpha value is 1.38. The molecule has 0 aliphatic heterocycles. The molecule has 4 heteroatoms. The molecule has 1 unspecified atom stereocenters. The van der Waals surface area contributed by atoms with Gasteiger partial charge in [-0.2, -0.15) is 0 Å². The number of nitrogens with two attached hydrogens (primary N) is 1. The second kappa shape index (κ2) is 16.4. The Kier molecular flexibility index (Phi) is 17.7. The predicted molar refractivity (Wildman–Crippen MR) is 100 cm³/mol. The summed E-state index contributed by atoms with van der Waals surface area (Å²) < 4.78 is 2.12. The molecular weight excluding hydrogens is 450 g/mol. The van der Waals surface area contributed by atoms with E-state index in [-0.39, 0.29) is 0 Å². The molecule has 0 rings (SSSR count). The van der Waals surface area contributed by atoms with Crippen LogP contribution in [0.3, 0.4) is 0 Å². The molecule has 2 nitrogen and oxygen atoms in total. The minimum atomic E-state index is 0.791. The molecule has 0 aliphatic rings. The Bertz CT molecular complexity index is 157. The van der Waals surface area contributed by atoms with E-state index in [1.807, 2.05) is 0 Å². The van der Waals surface area contributed by atoms with Crippen LogP contribution in [0.15, 0.2) is 0 Å². The van der Waals surface area contributed by atoms with Crippen LogP contribution >= 0.6 is 45.2 Å². The smallest absolute Gasteiger partial charge is 0.0234 e. The number of rotatable bonds is 14. The van der Waals surface area contributed by atoms with E-state index in [0.29, 0.717) is 0 Å². The quantitative estimate of drug-likeness (QED) is 0.221. The molecule has 0 amide bonds. The van der Waals surface area contributed by atoms with Gasteiger partial charge in [-0.05, 0) is 36.8 Å². The molecule has 0 bridgehead atoms. The second-order valence-corrected chi connectivity index (χ2v) is 7.74. The molecule has 0 fully saturated rings. The van der Waals surface area contributed by atoms with Crippen molar-refractivity contribution in [1.82, 2.24) is 5.32 Å². The van der Waals surface area contributed by atoms with E-state index in [9.17, 15) is 0 Å². The average Bonchev–Trinajstić information content (AvgIpc) is 2.38. The molecule has 0 aromatic rings. The Morgan fingerprint density at radius 1 is 0.889 bits per heavy atom. The zero-order valence-corrected chi connectivity index (χ0v) is 15.9. The van der Waals surface area contributed by atoms with Crippen molar-refractivity contribution < 1.29 is 0 Å². The second-order valence-electron chi connectivity index (χ2n) is 4.90. The van der Waals surface area contributed by atoms with Crippen LogP contribution in [0.1, 0.15) is 57.8 Å². The molecule has 0 spiro atoms. The first-order valence-corrected chi connectivity index (χ1v) is 10.2. The highest BCUT2D eigenvalue weighted by Gasteiger charge is 2.02. The first-order chi connectivity index (χ1) is 8.81. The van der Waals surface area contributed by atoms with Gasteiger partial charge in [0.05, 0.1) is 0 Å². The highest BCUT2D eigenvalue weighted by molar-refractivity contribution is 14.1. The summed E-state index contributed by atoms with van der Waals surface area (Å²) in [6.45, 7) is 3.03. The monoisotopic (exact) mass is 480 g/mol. The minimum Gasteiger partial charge on any atom is -0.330 e. The van der Waals surface area contributed by atoms with Gasteiger partial charge in [-0.15, -0.1) is 0 Å². The third-order valence-corrected chi connectivity index (χ3v) is 4.90. The van der Waals surface area contributed by atoms with Crippen molar-refractivity contribution in [2.45, 2.75) is 61.7 Å². The van der Waals surface area contributed by atoms with Gasteiger partial charge in [-0.3, -0.25) is 0 Å². The molecule has 1 atom stereocenters. The SMILES string of the molecule is NCCCNCC(I)CCCCCCCCCI. The summed E-state index contributed by atoms with van der Waals surface area (Å²) in [5, 5.41) is 3.47. The zero-order chi connectivity index (χ0) is 13.5. The fraction of sp³-hybridized carbons (Fsp3) is 1.00. The lowest BCUT2D eigenvalue weighted by atomic mass is 10.1. The Morgan fingerprint density at radius 2 is 1.50 bits per heavy atom. The highest BCUT2D eigenvalue weighted by atomic mass is 127. The van der Waals surface area contributed by atoms with Crippen LogP contribution in [0.25, 0.3) is 0 Å². The average molecular weight is 480 g/mol. The summed E-state index contributed by atoms with van der Waals surface area (Å²) in [5.41, 5.74) is 5.46. The van der Waals surface area contributed by atoms with Crippen molar-refractivity contribution in [2.24, 2.45) is 5.73 Å². The molecular formula is C14H30I2N2. The van der Waals surface area contributed by atoms with Gasteiger partial charge in [0.25, 0.3) is 0 Å². The predicted octanol–water partition coefficient (Wildman–Crippen LogP) is 4.28. The Morgan fingerprint density at radius 3 is 2.11 bits per heavy atom. The lowest BCUT2D eigenvalue weighted by Gasteiger charge is -2.10. The molecule has 0 saturated heterocycles. The van der Waals surface area contributed by atoms with Crippen LogP contribution in [0.2, 0.25) is 0 Å². The Balaban J connectivity index is 3.08. The van der Waals surface area contributed by atoms with E-state index in [1.54, 1.807) is 0 Å². The number of hydrogen-bond donors (Lipinski definition) is 2. The molecule has 0 heterocycles. The number of hydrogen-bond acceptors (Lipinski definition) is 2. The summed E-state index contributed by atoms with van der Waals surface area (Å²) in [7, 11) is 0. The highest BCUT2D eigenvalue weighted by Crippen LogP contribution is 2.13. The minimum absolute atomic E-state index is 0.791. The van der Waals surface area contributed by atoms with Crippen molar-refractivity contribution in [3.8, 4) is 0 Å². The first-order valence-electron chi connectivity index (χ1n) is 7.42. The maximum atomic E-state index is 5.46. The maximum absolute atomic E-state index is 5.46. The van der Waals surface area contributed by atoms with E-state index in [0.717, 1.165) is 30.0 Å². The van der Waals surface area contributed by atoms with Gasteiger partial charge < -0.3 is 11.1 Å². The van der Waals surface area contributed by atoms with Crippen LogP contribution in [-0.2, 0) is 0 Å². The molecule has 0 aliphatic carbocycles. The summed E-state index contributed by atoms with van der Waals surface area (Å²) in [6.07, 6.45) is 12.4. The van der Waals surface area contributed by atoms with Crippen LogP contribution in [-0.4, -0.2) is 28.0 Å². The zero-order valence-electron chi connectivity index (χ0n) is 11.6. The van der Waals surface area contributed by atoms with Gasteiger partial charge in [0.2, 0.25) is 0 Å². The molecule has 0 radical (unpaired) electrons. The molecule has 3 N–H and O–H groups in total. The lowest BCUT2D eigenvalue weighted by Crippen LogP contribution is -2.25. The first kappa shape index (κ1) is 19.4. The third kappa shape index (κ3) is 15.4. The van der Waals surface area contributed by atoms with E-state index in [4.69, 9.17) is 5.73 Å². The summed E-state index contributed by atoms with van der Waals surface area (Å²) >= 11 is 5.05. The van der Waals surface area contributed by atoms with Crippen molar-refractivity contribution >= 4 is 45.2 Å². The standard InChI is InChI=1S/C14H30I2N2/c15-10-7-5-3-1-2-4-6-9-14(16)13-18-12-8-11-17/h14,18H,1-13,17H2.